The minimum Gasteiger partial charge on any atom is -0.481 e. The molecule has 7 heteroatoms. The highest BCUT2D eigenvalue weighted by molar-refractivity contribution is 8.00. The Bertz CT molecular complexity index is 586. The van der Waals surface area contributed by atoms with Crippen molar-refractivity contribution in [3.63, 3.8) is 0 Å². The van der Waals surface area contributed by atoms with E-state index in [1.54, 1.807) is 0 Å². The summed E-state index contributed by atoms with van der Waals surface area (Å²) in [5.74, 6) is -1.55. The molecule has 0 unspecified atom stereocenters. The molecule has 0 aromatic heterocycles. The maximum Gasteiger partial charge on any atom is 0.321 e. The van der Waals surface area contributed by atoms with E-state index in [9.17, 15) is 14.7 Å². The highest BCUT2D eigenvalue weighted by Crippen LogP contribution is 2.21. The summed E-state index contributed by atoms with van der Waals surface area (Å²) in [5, 5.41) is 27.7. The summed E-state index contributed by atoms with van der Waals surface area (Å²) in [6.45, 7) is 2.11. The molecule has 0 radical (unpaired) electrons. The molecule has 0 aliphatic carbocycles. The molecule has 0 rings (SSSR count). The number of carbonyl (C=O) groups is 2. The van der Waals surface area contributed by atoms with Crippen LogP contribution >= 0.6 is 11.8 Å². The normalized spacial score (nSPS) is 15.4. The van der Waals surface area contributed by atoms with Gasteiger partial charge in [-0.2, -0.15) is 0 Å². The molecule has 30 heavy (non-hydrogen) atoms. The molecule has 0 saturated carbocycles. The molecular weight excluding hydrogens is 402 g/mol. The predicted octanol–water partition coefficient (Wildman–Crippen LogP) is 4.31. The van der Waals surface area contributed by atoms with E-state index in [0.717, 1.165) is 32.1 Å². The average Bonchev–Trinajstić information content (AvgIpc) is 2.70. The maximum atomic E-state index is 10.9. The van der Waals surface area contributed by atoms with E-state index in [1.165, 1.54) is 11.8 Å². The number of carboxylic acid groups (broad SMARTS) is 2. The quantitative estimate of drug-likeness (QED) is 0.143. The zero-order valence-electron chi connectivity index (χ0n) is 17.9. The number of aliphatic hydroxyl groups is 1. The van der Waals surface area contributed by atoms with Crippen LogP contribution in [-0.2, 0) is 9.59 Å². The monoisotopic (exact) mass is 439 g/mol. The van der Waals surface area contributed by atoms with Crippen molar-refractivity contribution in [3.8, 4) is 0 Å². The number of hydrogen-bond donors (Lipinski definition) is 4. The van der Waals surface area contributed by atoms with Crippen LogP contribution < -0.4 is 5.73 Å². The van der Waals surface area contributed by atoms with Crippen molar-refractivity contribution in [2.24, 2.45) is 5.73 Å². The van der Waals surface area contributed by atoms with Crippen LogP contribution in [0.2, 0.25) is 0 Å². The first-order valence-corrected chi connectivity index (χ1v) is 11.6. The van der Waals surface area contributed by atoms with Gasteiger partial charge in [-0.3, -0.25) is 9.59 Å². The number of allylic oxidation sites excluding steroid dienone is 7. The van der Waals surface area contributed by atoms with Crippen molar-refractivity contribution >= 4 is 23.7 Å². The second-order valence-electron chi connectivity index (χ2n) is 7.00. The zero-order chi connectivity index (χ0) is 22.6. The third kappa shape index (κ3) is 17.1. The molecule has 6 nitrogen and oxygen atoms in total. The van der Waals surface area contributed by atoms with Gasteiger partial charge in [-0.05, 0) is 25.7 Å². The lowest BCUT2D eigenvalue weighted by molar-refractivity contribution is -0.138. The second-order valence-corrected chi connectivity index (χ2v) is 8.21. The average molecular weight is 440 g/mol. The molecule has 0 fully saturated rings. The zero-order valence-corrected chi connectivity index (χ0v) is 18.7. The molecule has 0 aromatic rings. The van der Waals surface area contributed by atoms with Crippen LogP contribution in [0.5, 0.6) is 0 Å². The number of aliphatic carboxylic acids is 2. The Morgan fingerprint density at radius 3 is 2.40 bits per heavy atom. The van der Waals surface area contributed by atoms with E-state index in [-0.39, 0.29) is 17.4 Å². The van der Waals surface area contributed by atoms with Gasteiger partial charge in [-0.15, -0.1) is 11.8 Å². The second kappa shape index (κ2) is 19.2. The highest BCUT2D eigenvalue weighted by Gasteiger charge is 2.20. The molecule has 0 amide bonds. The lowest BCUT2D eigenvalue weighted by atomic mass is 10.1. The van der Waals surface area contributed by atoms with E-state index >= 15 is 0 Å². The van der Waals surface area contributed by atoms with Gasteiger partial charge in [0.1, 0.15) is 6.04 Å². The topological polar surface area (TPSA) is 121 Å². The van der Waals surface area contributed by atoms with E-state index in [1.807, 2.05) is 48.6 Å². The number of thioether (sulfide) groups is 1. The molecular formula is C23H37NO5S. The summed E-state index contributed by atoms with van der Waals surface area (Å²) in [6, 6.07) is -0.940. The van der Waals surface area contributed by atoms with Crippen LogP contribution in [0.15, 0.2) is 48.6 Å². The van der Waals surface area contributed by atoms with E-state index in [2.05, 4.69) is 6.92 Å². The Morgan fingerprint density at radius 2 is 1.73 bits per heavy atom. The molecule has 0 heterocycles. The summed E-state index contributed by atoms with van der Waals surface area (Å²) in [4.78, 5) is 21.3. The summed E-state index contributed by atoms with van der Waals surface area (Å²) in [6.07, 6.45) is 21.1. The van der Waals surface area contributed by atoms with Crippen molar-refractivity contribution in [2.45, 2.75) is 75.7 Å². The first kappa shape index (κ1) is 28.2. The van der Waals surface area contributed by atoms with Crippen LogP contribution in [0, 0.1) is 0 Å². The third-order valence-electron chi connectivity index (χ3n) is 4.24. The Labute approximate surface area is 184 Å². The van der Waals surface area contributed by atoms with Gasteiger partial charge in [0.25, 0.3) is 0 Å². The van der Waals surface area contributed by atoms with Crippen molar-refractivity contribution in [1.82, 2.24) is 0 Å². The van der Waals surface area contributed by atoms with Gasteiger partial charge < -0.3 is 21.1 Å². The maximum absolute atomic E-state index is 10.9. The number of aliphatic hydroxyl groups excluding tert-OH is 1. The molecule has 0 spiro atoms. The fourth-order valence-corrected chi connectivity index (χ4v) is 3.60. The summed E-state index contributed by atoms with van der Waals surface area (Å²) >= 11 is 1.37. The molecule has 170 valence electrons. The van der Waals surface area contributed by atoms with E-state index < -0.39 is 24.1 Å². The third-order valence-corrected chi connectivity index (χ3v) is 5.65. The molecule has 5 N–H and O–H groups in total. The standard InChI is InChI=1S/C23H37NO5S/c1-2-3-12-15-20(25)21(30-18-19(24)23(28)29)16-13-10-8-6-4-5-7-9-11-14-17-22(26)27/h4,6-10,13,16,19-21,25H,2-3,5,11-12,14-15,17-18,24H2,1H3,(H,26,27)(H,28,29)/b6-4+,9-7-,10-8-,16-13+/t19-,20-,21+/m0/s1. The van der Waals surface area contributed by atoms with Gasteiger partial charge >= 0.3 is 11.9 Å². The Morgan fingerprint density at radius 1 is 1.00 bits per heavy atom. The van der Waals surface area contributed by atoms with Crippen LogP contribution in [-0.4, -0.2) is 50.4 Å². The smallest absolute Gasteiger partial charge is 0.321 e. The minimum absolute atomic E-state index is 0.198. The minimum atomic E-state index is -1.04. The Kier molecular flexibility index (Phi) is 18.0. The number of nitrogens with two attached hydrogens (primary N) is 1. The van der Waals surface area contributed by atoms with Gasteiger partial charge in [0.2, 0.25) is 0 Å². The van der Waals surface area contributed by atoms with Crippen molar-refractivity contribution < 1.29 is 24.9 Å². The number of carboxylic acids is 2. The first-order chi connectivity index (χ1) is 14.4. The molecule has 0 bridgehead atoms. The summed E-state index contributed by atoms with van der Waals surface area (Å²) < 4.78 is 0. The summed E-state index contributed by atoms with van der Waals surface area (Å²) in [7, 11) is 0. The molecule has 0 saturated heterocycles. The Hall–Kier alpha value is -1.83. The molecule has 0 aliphatic rings. The number of hydrogen-bond acceptors (Lipinski definition) is 5. The van der Waals surface area contributed by atoms with Gasteiger partial charge in [-0.25, -0.2) is 0 Å². The van der Waals surface area contributed by atoms with Crippen LogP contribution in [0.25, 0.3) is 0 Å². The fraction of sp³-hybridized carbons (Fsp3) is 0.565. The highest BCUT2D eigenvalue weighted by atomic mass is 32.2. The van der Waals surface area contributed by atoms with Gasteiger partial charge in [0.05, 0.1) is 6.10 Å². The van der Waals surface area contributed by atoms with Crippen LogP contribution in [0.3, 0.4) is 0 Å². The van der Waals surface area contributed by atoms with E-state index in [4.69, 9.17) is 15.9 Å². The van der Waals surface area contributed by atoms with Gasteiger partial charge in [0.15, 0.2) is 0 Å². The lowest BCUT2D eigenvalue weighted by Crippen LogP contribution is -2.34. The van der Waals surface area contributed by atoms with Crippen molar-refractivity contribution in [2.75, 3.05) is 5.75 Å². The SMILES string of the molecule is CCCCC[C@H](O)[C@@H](/C=C/C=C\C=C\C/C=C\CCCC(=O)O)SC[C@H](N)C(=O)O. The summed E-state index contributed by atoms with van der Waals surface area (Å²) in [5.41, 5.74) is 5.58. The Balaban J connectivity index is 4.42. The van der Waals surface area contributed by atoms with Crippen molar-refractivity contribution in [3.05, 3.63) is 48.6 Å². The molecule has 0 aromatic carbocycles. The molecule has 0 aliphatic heterocycles. The van der Waals surface area contributed by atoms with Gasteiger partial charge in [0, 0.05) is 17.4 Å². The van der Waals surface area contributed by atoms with Gasteiger partial charge in [-0.1, -0.05) is 74.8 Å². The number of rotatable bonds is 18. The van der Waals surface area contributed by atoms with Crippen molar-refractivity contribution in [1.29, 1.82) is 0 Å². The van der Waals surface area contributed by atoms with Crippen LogP contribution in [0.4, 0.5) is 0 Å². The number of unbranched alkanes of at least 4 members (excludes halogenated alkanes) is 3. The predicted molar refractivity (Wildman–Crippen MR) is 125 cm³/mol. The van der Waals surface area contributed by atoms with Crippen LogP contribution in [0.1, 0.15) is 58.3 Å². The molecule has 3 atom stereocenters. The fourth-order valence-electron chi connectivity index (χ4n) is 2.47. The largest absolute Gasteiger partial charge is 0.481 e. The van der Waals surface area contributed by atoms with E-state index in [0.29, 0.717) is 12.8 Å². The lowest BCUT2D eigenvalue weighted by Gasteiger charge is -2.20. The first-order valence-electron chi connectivity index (χ1n) is 10.5.